The molecule has 2 fully saturated rings. The number of amides is 2. The van der Waals surface area contributed by atoms with Gasteiger partial charge < -0.3 is 20.3 Å². The normalized spacial score (nSPS) is 24.3. The van der Waals surface area contributed by atoms with E-state index in [1.165, 1.54) is 5.56 Å². The zero-order valence-corrected chi connectivity index (χ0v) is 20.7. The molecule has 32 heavy (non-hydrogen) atoms. The molecular formula is C26H41N3O3. The molecule has 3 unspecified atom stereocenters. The summed E-state index contributed by atoms with van der Waals surface area (Å²) in [6.45, 7) is 15.5. The third-order valence-corrected chi connectivity index (χ3v) is 7.22. The highest BCUT2D eigenvalue weighted by Crippen LogP contribution is 2.32. The summed E-state index contributed by atoms with van der Waals surface area (Å²) in [7, 11) is 0. The zero-order valence-electron chi connectivity index (χ0n) is 20.7. The molecule has 6 heteroatoms. The quantitative estimate of drug-likeness (QED) is 0.668. The number of carbonyl (C=O) groups is 2. The molecule has 2 heterocycles. The van der Waals surface area contributed by atoms with Gasteiger partial charge in [0, 0.05) is 49.6 Å². The molecule has 0 saturated carbocycles. The molecular weight excluding hydrogens is 402 g/mol. The van der Waals surface area contributed by atoms with E-state index in [9.17, 15) is 9.59 Å². The van der Waals surface area contributed by atoms with E-state index < -0.39 is 0 Å². The van der Waals surface area contributed by atoms with Gasteiger partial charge in [0.25, 0.3) is 5.91 Å². The maximum absolute atomic E-state index is 13.3. The molecule has 1 aromatic carbocycles. The summed E-state index contributed by atoms with van der Waals surface area (Å²) >= 11 is 0. The molecule has 2 aliphatic rings. The van der Waals surface area contributed by atoms with Crippen LogP contribution in [0.25, 0.3) is 0 Å². The van der Waals surface area contributed by atoms with Crippen LogP contribution in [0, 0.1) is 18.8 Å². The number of ether oxygens (including phenoxy) is 1. The molecule has 2 aliphatic heterocycles. The first-order valence-corrected chi connectivity index (χ1v) is 12.3. The van der Waals surface area contributed by atoms with Crippen LogP contribution >= 0.6 is 0 Å². The van der Waals surface area contributed by atoms with E-state index in [1.807, 2.05) is 19.9 Å². The van der Waals surface area contributed by atoms with E-state index in [4.69, 9.17) is 4.74 Å². The van der Waals surface area contributed by atoms with E-state index in [1.54, 1.807) is 0 Å². The first-order chi connectivity index (χ1) is 15.2. The molecule has 178 valence electrons. The summed E-state index contributed by atoms with van der Waals surface area (Å²) in [5.74, 6) is 0.341. The Morgan fingerprint density at radius 1 is 1.25 bits per heavy atom. The number of hydrogen-bond acceptors (Lipinski definition) is 4. The van der Waals surface area contributed by atoms with Crippen molar-refractivity contribution in [1.82, 2.24) is 10.6 Å². The SMILES string of the molecule is CCN(c1cc(C(C)C)cc(C(=O)NCC2C(=O)NC(C)CC2C)c1C)C1CCOCC1. The predicted molar refractivity (Wildman–Crippen MR) is 129 cm³/mol. The maximum Gasteiger partial charge on any atom is 0.251 e. The van der Waals surface area contributed by atoms with Crippen molar-refractivity contribution in [2.75, 3.05) is 31.2 Å². The first-order valence-electron chi connectivity index (χ1n) is 12.3. The monoisotopic (exact) mass is 443 g/mol. The number of carbonyl (C=O) groups excluding carboxylic acids is 2. The molecule has 0 spiro atoms. The average Bonchev–Trinajstić information content (AvgIpc) is 2.75. The van der Waals surface area contributed by atoms with E-state index in [0.29, 0.717) is 24.1 Å². The summed E-state index contributed by atoms with van der Waals surface area (Å²) in [6, 6.07) is 4.92. The summed E-state index contributed by atoms with van der Waals surface area (Å²) < 4.78 is 5.57. The van der Waals surface area contributed by atoms with Crippen LogP contribution in [0.3, 0.4) is 0 Å². The van der Waals surface area contributed by atoms with Crippen LogP contribution in [-0.4, -0.2) is 50.2 Å². The smallest absolute Gasteiger partial charge is 0.251 e. The van der Waals surface area contributed by atoms with E-state index >= 15 is 0 Å². The van der Waals surface area contributed by atoms with Crippen molar-refractivity contribution < 1.29 is 14.3 Å². The highest BCUT2D eigenvalue weighted by molar-refractivity contribution is 5.97. The van der Waals surface area contributed by atoms with Crippen molar-refractivity contribution in [2.45, 2.75) is 78.8 Å². The molecule has 1 aromatic rings. The van der Waals surface area contributed by atoms with Gasteiger partial charge >= 0.3 is 0 Å². The Morgan fingerprint density at radius 3 is 2.53 bits per heavy atom. The average molecular weight is 444 g/mol. The van der Waals surface area contributed by atoms with E-state index in [2.05, 4.69) is 49.3 Å². The Labute approximate surface area is 193 Å². The molecule has 2 amide bonds. The predicted octanol–water partition coefficient (Wildman–Crippen LogP) is 4.01. The Morgan fingerprint density at radius 2 is 1.94 bits per heavy atom. The number of nitrogens with zero attached hydrogens (tertiary/aromatic N) is 1. The third kappa shape index (κ3) is 5.45. The summed E-state index contributed by atoms with van der Waals surface area (Å²) in [5, 5.41) is 6.10. The zero-order chi connectivity index (χ0) is 23.4. The molecule has 6 nitrogen and oxygen atoms in total. The first kappa shape index (κ1) is 24.6. The molecule has 0 aromatic heterocycles. The topological polar surface area (TPSA) is 70.7 Å². The largest absolute Gasteiger partial charge is 0.381 e. The van der Waals surface area contributed by atoms with Crippen molar-refractivity contribution in [1.29, 1.82) is 0 Å². The van der Waals surface area contributed by atoms with Gasteiger partial charge in [-0.25, -0.2) is 0 Å². The van der Waals surface area contributed by atoms with Gasteiger partial charge in [-0.05, 0) is 75.1 Å². The molecule has 0 radical (unpaired) electrons. The fourth-order valence-corrected chi connectivity index (χ4v) is 5.19. The lowest BCUT2D eigenvalue weighted by molar-refractivity contribution is -0.129. The fourth-order valence-electron chi connectivity index (χ4n) is 5.19. The lowest BCUT2D eigenvalue weighted by Gasteiger charge is -2.37. The minimum Gasteiger partial charge on any atom is -0.381 e. The second kappa shape index (κ2) is 10.7. The number of nitrogens with one attached hydrogen (secondary N) is 2. The Bertz CT molecular complexity index is 817. The van der Waals surface area contributed by atoms with Gasteiger partial charge in [0.1, 0.15) is 0 Å². The molecule has 0 bridgehead atoms. The van der Waals surface area contributed by atoms with Crippen LogP contribution in [0.5, 0.6) is 0 Å². The standard InChI is InChI=1S/C26H41N3O3/c1-7-29(21-8-10-32-11-9-21)24-14-20(16(2)3)13-22(19(24)6)25(30)27-15-23-17(4)12-18(5)28-26(23)31/h13-14,16-18,21,23H,7-12,15H2,1-6H3,(H,27,30)(H,28,31). The Hall–Kier alpha value is -2.08. The van der Waals surface area contributed by atoms with Gasteiger partial charge in [-0.1, -0.05) is 20.8 Å². The Kier molecular flexibility index (Phi) is 8.21. The van der Waals surface area contributed by atoms with E-state index in [0.717, 1.165) is 50.3 Å². The number of anilines is 1. The van der Waals surface area contributed by atoms with Crippen LogP contribution in [0.2, 0.25) is 0 Å². The van der Waals surface area contributed by atoms with Crippen molar-refractivity contribution in [3.05, 3.63) is 28.8 Å². The summed E-state index contributed by atoms with van der Waals surface area (Å²) in [4.78, 5) is 28.2. The molecule has 2 saturated heterocycles. The van der Waals surface area contributed by atoms with Gasteiger partial charge in [0.2, 0.25) is 5.91 Å². The summed E-state index contributed by atoms with van der Waals surface area (Å²) in [5.41, 5.74) is 4.04. The van der Waals surface area contributed by atoms with Crippen LogP contribution < -0.4 is 15.5 Å². The Balaban J connectivity index is 1.85. The highest BCUT2D eigenvalue weighted by atomic mass is 16.5. The minimum atomic E-state index is -0.183. The lowest BCUT2D eigenvalue weighted by Crippen LogP contribution is -2.50. The van der Waals surface area contributed by atoms with Gasteiger partial charge in [0.05, 0.1) is 5.92 Å². The second-order valence-corrected chi connectivity index (χ2v) is 9.94. The lowest BCUT2D eigenvalue weighted by atomic mass is 9.84. The van der Waals surface area contributed by atoms with Gasteiger partial charge in [0.15, 0.2) is 0 Å². The molecule has 2 N–H and O–H groups in total. The molecule has 3 atom stereocenters. The van der Waals surface area contributed by atoms with Crippen LogP contribution in [0.15, 0.2) is 12.1 Å². The fraction of sp³-hybridized carbons (Fsp3) is 0.692. The van der Waals surface area contributed by atoms with E-state index in [-0.39, 0.29) is 29.7 Å². The van der Waals surface area contributed by atoms with Crippen LogP contribution in [0.4, 0.5) is 5.69 Å². The van der Waals surface area contributed by atoms with Crippen LogP contribution in [-0.2, 0) is 9.53 Å². The van der Waals surface area contributed by atoms with Crippen molar-refractivity contribution in [3.63, 3.8) is 0 Å². The number of hydrogen-bond donors (Lipinski definition) is 2. The summed E-state index contributed by atoms with van der Waals surface area (Å²) in [6.07, 6.45) is 2.95. The van der Waals surface area contributed by atoms with Crippen molar-refractivity contribution in [3.8, 4) is 0 Å². The van der Waals surface area contributed by atoms with Gasteiger partial charge in [-0.2, -0.15) is 0 Å². The number of piperidine rings is 1. The van der Waals surface area contributed by atoms with Crippen LogP contribution in [0.1, 0.15) is 81.3 Å². The number of benzene rings is 1. The van der Waals surface area contributed by atoms with Crippen molar-refractivity contribution in [2.24, 2.45) is 11.8 Å². The molecule has 0 aliphatic carbocycles. The third-order valence-electron chi connectivity index (χ3n) is 7.22. The highest BCUT2D eigenvalue weighted by Gasteiger charge is 2.32. The molecule has 3 rings (SSSR count). The van der Waals surface area contributed by atoms with Gasteiger partial charge in [-0.15, -0.1) is 0 Å². The maximum atomic E-state index is 13.3. The second-order valence-electron chi connectivity index (χ2n) is 9.94. The van der Waals surface area contributed by atoms with Crippen molar-refractivity contribution >= 4 is 17.5 Å². The van der Waals surface area contributed by atoms with Gasteiger partial charge in [-0.3, -0.25) is 9.59 Å². The number of rotatable bonds is 7. The minimum absolute atomic E-state index is 0.0431.